The molecule has 6 nitrogen and oxygen atoms in total. The maximum Gasteiger partial charge on any atom is 0.255 e. The van der Waals surface area contributed by atoms with E-state index in [0.717, 1.165) is 5.56 Å². The van der Waals surface area contributed by atoms with E-state index in [1.165, 1.54) is 0 Å². The van der Waals surface area contributed by atoms with Crippen LogP contribution in [0.1, 0.15) is 36.0 Å². The van der Waals surface area contributed by atoms with Gasteiger partial charge in [-0.15, -0.1) is 6.42 Å². The number of hydrogen-bond acceptors (Lipinski definition) is 4. The maximum absolute atomic E-state index is 13.6. The van der Waals surface area contributed by atoms with Gasteiger partial charge in [-0.2, -0.15) is 5.10 Å². The molecule has 0 bridgehead atoms. The third-order valence-corrected chi connectivity index (χ3v) is 4.85. The van der Waals surface area contributed by atoms with Gasteiger partial charge in [0.2, 0.25) is 0 Å². The molecule has 0 aliphatic carbocycles. The van der Waals surface area contributed by atoms with Crippen molar-refractivity contribution in [1.82, 2.24) is 19.7 Å². The van der Waals surface area contributed by atoms with Gasteiger partial charge < -0.3 is 9.32 Å². The quantitative estimate of drug-likeness (QED) is 0.447. The molecule has 0 N–H and O–H groups in total. The summed E-state index contributed by atoms with van der Waals surface area (Å²) in [6.07, 6.45) is 8.83. The topological polar surface area (TPSA) is 64.2 Å². The molecule has 0 aliphatic rings. The van der Waals surface area contributed by atoms with Crippen molar-refractivity contribution in [3.05, 3.63) is 72.3 Å². The fourth-order valence-corrected chi connectivity index (χ4v) is 3.40. The Balaban J connectivity index is 1.85. The zero-order chi connectivity index (χ0) is 21.1. The highest BCUT2D eigenvalue weighted by atomic mass is 16.3. The highest BCUT2D eigenvalue weighted by Gasteiger charge is 2.23. The fourth-order valence-electron chi connectivity index (χ4n) is 3.40. The second-order valence-electron chi connectivity index (χ2n) is 7.29. The van der Waals surface area contributed by atoms with Gasteiger partial charge in [0.05, 0.1) is 42.2 Å². The Morgan fingerprint density at radius 1 is 1.23 bits per heavy atom. The molecule has 1 aromatic carbocycles. The summed E-state index contributed by atoms with van der Waals surface area (Å²) in [4.78, 5) is 20.0. The number of furan rings is 1. The van der Waals surface area contributed by atoms with Crippen LogP contribution in [0.5, 0.6) is 0 Å². The first-order valence-electron chi connectivity index (χ1n) is 9.77. The van der Waals surface area contributed by atoms with E-state index < -0.39 is 0 Å². The van der Waals surface area contributed by atoms with Crippen molar-refractivity contribution in [2.45, 2.75) is 26.4 Å². The van der Waals surface area contributed by atoms with Crippen molar-refractivity contribution in [3.8, 4) is 23.6 Å². The van der Waals surface area contributed by atoms with Gasteiger partial charge in [0.25, 0.3) is 5.91 Å². The molecule has 0 unspecified atom stereocenters. The van der Waals surface area contributed by atoms with E-state index >= 15 is 0 Å². The molecule has 3 aromatic heterocycles. The number of aromatic nitrogens is 3. The second kappa shape index (κ2) is 8.26. The van der Waals surface area contributed by atoms with Crippen LogP contribution >= 0.6 is 0 Å². The molecule has 0 spiro atoms. The van der Waals surface area contributed by atoms with Crippen LogP contribution in [0.4, 0.5) is 0 Å². The van der Waals surface area contributed by atoms with E-state index in [0.29, 0.717) is 34.6 Å². The minimum Gasteiger partial charge on any atom is -0.467 e. The maximum atomic E-state index is 13.6. The van der Waals surface area contributed by atoms with Crippen LogP contribution < -0.4 is 0 Å². The number of nitrogens with zero attached hydrogens (tertiary/aromatic N) is 4. The molecule has 150 valence electrons. The number of carbonyl (C=O) groups excluding carboxylic acids is 1. The number of benzene rings is 1. The number of terminal acetylenes is 1. The Morgan fingerprint density at radius 3 is 2.70 bits per heavy atom. The SMILES string of the molecule is C#CCN(Cc1ccco1)C(=O)c1cc(-c2ccccc2)nc2c1cnn2C(C)C. The first kappa shape index (κ1) is 19.5. The standard InChI is InChI=1S/C24H22N4O2/c1-4-12-27(16-19-11-8-13-30-19)24(29)20-14-22(18-9-6-5-7-10-18)26-23-21(20)15-25-28(23)17(2)3/h1,5-11,13-15,17H,12,16H2,2-3H3. The molecule has 3 heterocycles. The Kier molecular flexibility index (Phi) is 5.36. The van der Waals surface area contributed by atoms with Crippen molar-refractivity contribution >= 4 is 16.9 Å². The third-order valence-electron chi connectivity index (χ3n) is 4.85. The van der Waals surface area contributed by atoms with E-state index in [2.05, 4.69) is 11.0 Å². The number of fused-ring (bicyclic) bond motifs is 1. The van der Waals surface area contributed by atoms with Crippen LogP contribution in [0.15, 0.2) is 65.4 Å². The lowest BCUT2D eigenvalue weighted by atomic mass is 10.1. The number of hydrogen-bond donors (Lipinski definition) is 0. The zero-order valence-electron chi connectivity index (χ0n) is 16.9. The van der Waals surface area contributed by atoms with Crippen LogP contribution in [0, 0.1) is 12.3 Å². The Bertz CT molecular complexity index is 1200. The van der Waals surface area contributed by atoms with E-state index in [9.17, 15) is 4.79 Å². The highest BCUT2D eigenvalue weighted by Crippen LogP contribution is 2.27. The van der Waals surface area contributed by atoms with Crippen molar-refractivity contribution in [1.29, 1.82) is 0 Å². The van der Waals surface area contributed by atoms with E-state index in [1.54, 1.807) is 23.4 Å². The summed E-state index contributed by atoms with van der Waals surface area (Å²) >= 11 is 0. The van der Waals surface area contributed by atoms with Gasteiger partial charge in [-0.3, -0.25) is 4.79 Å². The average molecular weight is 398 g/mol. The summed E-state index contributed by atoms with van der Waals surface area (Å²) in [5.74, 6) is 3.06. The van der Waals surface area contributed by atoms with Crippen molar-refractivity contribution < 1.29 is 9.21 Å². The first-order valence-corrected chi connectivity index (χ1v) is 9.77. The smallest absolute Gasteiger partial charge is 0.255 e. The molecule has 0 atom stereocenters. The Morgan fingerprint density at radius 2 is 2.03 bits per heavy atom. The van der Waals surface area contributed by atoms with Crippen molar-refractivity contribution in [2.24, 2.45) is 0 Å². The van der Waals surface area contributed by atoms with E-state index in [4.69, 9.17) is 15.8 Å². The molecule has 1 amide bonds. The summed E-state index contributed by atoms with van der Waals surface area (Å²) in [7, 11) is 0. The molecule has 0 fully saturated rings. The molecule has 0 aliphatic heterocycles. The van der Waals surface area contributed by atoms with E-state index in [1.807, 2.05) is 61.0 Å². The molecule has 0 saturated carbocycles. The predicted molar refractivity (Wildman–Crippen MR) is 116 cm³/mol. The molecular weight excluding hydrogens is 376 g/mol. The molecular formula is C24H22N4O2. The molecule has 4 rings (SSSR count). The van der Waals surface area contributed by atoms with Crippen LogP contribution in [0.25, 0.3) is 22.3 Å². The van der Waals surface area contributed by atoms with Crippen LogP contribution in [0.2, 0.25) is 0 Å². The lowest BCUT2D eigenvalue weighted by Gasteiger charge is -2.20. The average Bonchev–Trinajstić information content (AvgIpc) is 3.42. The monoisotopic (exact) mass is 398 g/mol. The number of carbonyl (C=O) groups is 1. The van der Waals surface area contributed by atoms with Gasteiger partial charge in [0.1, 0.15) is 5.76 Å². The summed E-state index contributed by atoms with van der Waals surface area (Å²) < 4.78 is 7.25. The van der Waals surface area contributed by atoms with E-state index in [-0.39, 0.29) is 18.5 Å². The van der Waals surface area contributed by atoms with Gasteiger partial charge in [-0.1, -0.05) is 36.3 Å². The van der Waals surface area contributed by atoms with Gasteiger partial charge in [0.15, 0.2) is 5.65 Å². The summed E-state index contributed by atoms with van der Waals surface area (Å²) in [6, 6.07) is 15.3. The largest absolute Gasteiger partial charge is 0.467 e. The highest BCUT2D eigenvalue weighted by molar-refractivity contribution is 6.06. The molecule has 4 aromatic rings. The Hall–Kier alpha value is -3.85. The van der Waals surface area contributed by atoms with Gasteiger partial charge in [-0.25, -0.2) is 9.67 Å². The normalized spacial score (nSPS) is 11.0. The number of amides is 1. The summed E-state index contributed by atoms with van der Waals surface area (Å²) in [5, 5.41) is 5.18. The first-order chi connectivity index (χ1) is 14.6. The molecule has 6 heteroatoms. The second-order valence-corrected chi connectivity index (χ2v) is 7.29. The van der Waals surface area contributed by atoms with Gasteiger partial charge in [0, 0.05) is 11.6 Å². The minimum atomic E-state index is -0.183. The summed E-state index contributed by atoms with van der Waals surface area (Å²) in [5.41, 5.74) is 2.84. The lowest BCUT2D eigenvalue weighted by Crippen LogP contribution is -2.31. The fraction of sp³-hybridized carbons (Fsp3) is 0.208. The number of rotatable bonds is 6. The third kappa shape index (κ3) is 3.70. The van der Waals surface area contributed by atoms with Gasteiger partial charge >= 0.3 is 0 Å². The Labute approximate surface area is 175 Å². The van der Waals surface area contributed by atoms with Crippen molar-refractivity contribution in [3.63, 3.8) is 0 Å². The van der Waals surface area contributed by atoms with Gasteiger partial charge in [-0.05, 0) is 32.0 Å². The zero-order valence-corrected chi connectivity index (χ0v) is 16.9. The lowest BCUT2D eigenvalue weighted by molar-refractivity contribution is 0.0757. The molecule has 30 heavy (non-hydrogen) atoms. The molecule has 0 saturated heterocycles. The molecule has 0 radical (unpaired) electrons. The van der Waals surface area contributed by atoms with Crippen molar-refractivity contribution in [2.75, 3.05) is 6.54 Å². The predicted octanol–water partition coefficient (Wildman–Crippen LogP) is 4.55. The van der Waals surface area contributed by atoms with Crippen LogP contribution in [-0.4, -0.2) is 32.1 Å². The van der Waals surface area contributed by atoms with Crippen LogP contribution in [0.3, 0.4) is 0 Å². The number of pyridine rings is 1. The minimum absolute atomic E-state index is 0.105. The summed E-state index contributed by atoms with van der Waals surface area (Å²) in [6.45, 7) is 4.53. The van der Waals surface area contributed by atoms with Crippen LogP contribution in [-0.2, 0) is 6.54 Å².